The molecule has 0 aromatic carbocycles. The topological polar surface area (TPSA) is 65.7 Å². The highest BCUT2D eigenvalue weighted by Gasteiger charge is 2.20. The summed E-state index contributed by atoms with van der Waals surface area (Å²) in [5, 5.41) is 12.5. The molecule has 0 aliphatic carbocycles. The van der Waals surface area contributed by atoms with Crippen LogP contribution in [-0.2, 0) is 6.54 Å². The number of hydrogen-bond acceptors (Lipinski definition) is 6. The predicted octanol–water partition coefficient (Wildman–Crippen LogP) is 4.81. The van der Waals surface area contributed by atoms with Crippen LogP contribution in [0.5, 0.6) is 0 Å². The van der Waals surface area contributed by atoms with Crippen molar-refractivity contribution in [2.45, 2.75) is 32.4 Å². The molecule has 1 saturated heterocycles. The molecule has 0 amide bonds. The van der Waals surface area contributed by atoms with E-state index in [1.54, 1.807) is 17.6 Å². The molecular formula is C20H26IN5OS2. The van der Waals surface area contributed by atoms with E-state index in [0.29, 0.717) is 18.5 Å². The molecule has 1 aliphatic heterocycles. The number of aromatic nitrogens is 1. The lowest BCUT2D eigenvalue weighted by Gasteiger charge is -2.33. The van der Waals surface area contributed by atoms with Crippen LogP contribution in [-0.4, -0.2) is 36.6 Å². The maximum atomic E-state index is 5.58. The Morgan fingerprint density at radius 1 is 1.24 bits per heavy atom. The molecule has 4 rings (SSSR count). The quantitative estimate of drug-likeness (QED) is 0.266. The molecule has 1 aliphatic rings. The molecule has 3 aromatic rings. The molecule has 1 fully saturated rings. The number of guanidine groups is 1. The number of nitrogens with zero attached hydrogens (tertiary/aromatic N) is 3. The Hall–Kier alpha value is -1.59. The zero-order valence-corrected chi connectivity index (χ0v) is 20.3. The third-order valence-corrected chi connectivity index (χ3v) is 6.47. The Labute approximate surface area is 196 Å². The molecule has 4 heterocycles. The lowest BCUT2D eigenvalue weighted by Crippen LogP contribution is -2.48. The van der Waals surface area contributed by atoms with E-state index in [2.05, 4.69) is 45.0 Å². The lowest BCUT2D eigenvalue weighted by molar-refractivity contribution is 0.463. The lowest BCUT2D eigenvalue weighted by atomic mass is 10.1. The summed E-state index contributed by atoms with van der Waals surface area (Å²) >= 11 is 3.44. The van der Waals surface area contributed by atoms with Crippen molar-refractivity contribution < 1.29 is 4.42 Å². The maximum absolute atomic E-state index is 5.58. The van der Waals surface area contributed by atoms with Gasteiger partial charge in [-0.2, -0.15) is 0 Å². The van der Waals surface area contributed by atoms with Crippen molar-refractivity contribution in [1.82, 2.24) is 15.6 Å². The van der Waals surface area contributed by atoms with Crippen LogP contribution in [0.25, 0.3) is 10.8 Å². The summed E-state index contributed by atoms with van der Waals surface area (Å²) in [6, 6.07) is 8.77. The molecule has 2 N–H and O–H groups in total. The number of halogens is 1. The summed E-state index contributed by atoms with van der Waals surface area (Å²) in [6.45, 7) is 5.56. The van der Waals surface area contributed by atoms with Crippen LogP contribution in [0, 0.1) is 0 Å². The van der Waals surface area contributed by atoms with Gasteiger partial charge in [-0.3, -0.25) is 0 Å². The van der Waals surface area contributed by atoms with Gasteiger partial charge in [0.2, 0.25) is 5.89 Å². The molecule has 29 heavy (non-hydrogen) atoms. The first-order valence-electron chi connectivity index (χ1n) is 9.63. The zero-order chi connectivity index (χ0) is 19.2. The number of nitrogens with one attached hydrogen (secondary N) is 2. The van der Waals surface area contributed by atoms with Crippen molar-refractivity contribution in [3.63, 3.8) is 0 Å². The van der Waals surface area contributed by atoms with E-state index >= 15 is 0 Å². The zero-order valence-electron chi connectivity index (χ0n) is 16.3. The van der Waals surface area contributed by atoms with Crippen molar-refractivity contribution in [2.24, 2.45) is 4.99 Å². The fourth-order valence-electron chi connectivity index (χ4n) is 3.26. The molecule has 156 valence electrons. The Balaban J connectivity index is 0.00000240. The molecular weight excluding hydrogens is 517 g/mol. The van der Waals surface area contributed by atoms with Gasteiger partial charge in [0.25, 0.3) is 0 Å². The maximum Gasteiger partial charge on any atom is 0.236 e. The number of anilines is 1. The summed E-state index contributed by atoms with van der Waals surface area (Å²) in [7, 11) is 0. The van der Waals surface area contributed by atoms with Crippen LogP contribution < -0.4 is 15.5 Å². The second-order valence-electron chi connectivity index (χ2n) is 6.67. The number of hydrogen-bond donors (Lipinski definition) is 2. The average Bonchev–Trinajstić information content (AvgIpc) is 3.49. The highest BCUT2D eigenvalue weighted by Crippen LogP contribution is 2.25. The highest BCUT2D eigenvalue weighted by atomic mass is 127. The smallest absolute Gasteiger partial charge is 0.236 e. The molecule has 0 unspecified atom stereocenters. The number of rotatable bonds is 6. The largest absolute Gasteiger partial charge is 0.443 e. The van der Waals surface area contributed by atoms with E-state index in [9.17, 15) is 0 Å². The van der Waals surface area contributed by atoms with E-state index in [4.69, 9.17) is 9.41 Å². The SMILES string of the molecule is CCNC(=NCc1coc(-c2cccs2)n1)NC1CCN(c2cccs2)CC1.I. The van der Waals surface area contributed by atoms with Crippen LogP contribution in [0.15, 0.2) is 50.7 Å². The Kier molecular flexibility index (Phi) is 8.37. The molecule has 3 aromatic heterocycles. The van der Waals surface area contributed by atoms with Crippen molar-refractivity contribution in [1.29, 1.82) is 0 Å². The third-order valence-electron chi connectivity index (χ3n) is 4.68. The average molecular weight is 544 g/mol. The third kappa shape index (κ3) is 5.95. The molecule has 9 heteroatoms. The van der Waals surface area contributed by atoms with Crippen LogP contribution in [0.1, 0.15) is 25.5 Å². The summed E-state index contributed by atoms with van der Waals surface area (Å²) in [4.78, 5) is 12.8. The molecule has 0 radical (unpaired) electrons. The number of aliphatic imine (C=N–C) groups is 1. The normalized spacial score (nSPS) is 15.2. The molecule has 0 bridgehead atoms. The highest BCUT2D eigenvalue weighted by molar-refractivity contribution is 14.0. The van der Waals surface area contributed by atoms with Gasteiger partial charge in [0.05, 0.1) is 16.4 Å². The second kappa shape index (κ2) is 11.0. The Morgan fingerprint density at radius 3 is 2.72 bits per heavy atom. The Morgan fingerprint density at radius 2 is 2.03 bits per heavy atom. The van der Waals surface area contributed by atoms with E-state index in [0.717, 1.165) is 49.0 Å². The number of oxazole rings is 1. The fourth-order valence-corrected chi connectivity index (χ4v) is 4.70. The van der Waals surface area contributed by atoms with E-state index in [-0.39, 0.29) is 24.0 Å². The summed E-state index contributed by atoms with van der Waals surface area (Å²) < 4.78 is 5.58. The van der Waals surface area contributed by atoms with Crippen LogP contribution in [0.3, 0.4) is 0 Å². The van der Waals surface area contributed by atoms with Crippen molar-refractivity contribution in [2.75, 3.05) is 24.5 Å². The van der Waals surface area contributed by atoms with Crippen LogP contribution in [0.4, 0.5) is 5.00 Å². The second-order valence-corrected chi connectivity index (χ2v) is 8.55. The fraction of sp³-hybridized carbons (Fsp3) is 0.400. The van der Waals surface area contributed by atoms with Gasteiger partial charge < -0.3 is 20.0 Å². The standard InChI is InChI=1S/C20H25N5OS2.HI/c1-2-21-20(22-13-16-14-26-19(23-16)17-5-3-11-27-17)24-15-7-9-25(10-8-15)18-6-4-12-28-18;/h3-6,11-12,14-15H,2,7-10,13H2,1H3,(H2,21,22,24);1H. The minimum atomic E-state index is 0. The number of piperidine rings is 1. The van der Waals surface area contributed by atoms with Crippen molar-refractivity contribution >= 4 is 57.6 Å². The van der Waals surface area contributed by atoms with Gasteiger partial charge in [0.15, 0.2) is 5.96 Å². The molecule has 6 nitrogen and oxygen atoms in total. The van der Waals surface area contributed by atoms with Gasteiger partial charge in [-0.05, 0) is 48.7 Å². The first-order valence-corrected chi connectivity index (χ1v) is 11.4. The van der Waals surface area contributed by atoms with Gasteiger partial charge in [-0.15, -0.1) is 46.7 Å². The predicted molar refractivity (Wildman–Crippen MR) is 133 cm³/mol. The Bertz CT molecular complexity index is 871. The molecule has 0 spiro atoms. The first-order chi connectivity index (χ1) is 13.8. The van der Waals surface area contributed by atoms with Gasteiger partial charge in [-0.25, -0.2) is 9.98 Å². The number of thiophene rings is 2. The summed E-state index contributed by atoms with van der Waals surface area (Å²) in [6.07, 6.45) is 3.91. The monoisotopic (exact) mass is 543 g/mol. The summed E-state index contributed by atoms with van der Waals surface area (Å²) in [5.74, 6) is 1.51. The molecule has 0 atom stereocenters. The van der Waals surface area contributed by atoms with E-state index in [1.807, 2.05) is 28.8 Å². The molecule has 0 saturated carbocycles. The minimum absolute atomic E-state index is 0. The van der Waals surface area contributed by atoms with Gasteiger partial charge >= 0.3 is 0 Å². The van der Waals surface area contributed by atoms with Crippen LogP contribution >= 0.6 is 46.7 Å². The minimum Gasteiger partial charge on any atom is -0.443 e. The van der Waals surface area contributed by atoms with Gasteiger partial charge in [-0.1, -0.05) is 6.07 Å². The van der Waals surface area contributed by atoms with Crippen molar-refractivity contribution in [3.05, 3.63) is 47.0 Å². The van der Waals surface area contributed by atoms with Crippen LogP contribution in [0.2, 0.25) is 0 Å². The summed E-state index contributed by atoms with van der Waals surface area (Å²) in [5.41, 5.74) is 0.841. The van der Waals surface area contributed by atoms with E-state index in [1.165, 1.54) is 5.00 Å². The van der Waals surface area contributed by atoms with E-state index < -0.39 is 0 Å². The van der Waals surface area contributed by atoms with Gasteiger partial charge in [0.1, 0.15) is 12.0 Å². The first kappa shape index (κ1) is 22.1. The van der Waals surface area contributed by atoms with Gasteiger partial charge in [0, 0.05) is 25.7 Å². The van der Waals surface area contributed by atoms with Crippen molar-refractivity contribution in [3.8, 4) is 10.8 Å².